The number of amides is 1. The average Bonchev–Trinajstić information content (AvgIpc) is 3.05. The number of hydrogen-bond donors (Lipinski definition) is 2. The first-order valence-corrected chi connectivity index (χ1v) is 7.11. The largest absolute Gasteiger partial charge is 0.467 e. The van der Waals surface area contributed by atoms with E-state index in [0.717, 1.165) is 0 Å². The first kappa shape index (κ1) is 15.2. The van der Waals surface area contributed by atoms with E-state index in [2.05, 4.69) is 10.3 Å². The zero-order valence-electron chi connectivity index (χ0n) is 12.4. The van der Waals surface area contributed by atoms with Gasteiger partial charge in [-0.05, 0) is 37.3 Å². The van der Waals surface area contributed by atoms with E-state index in [1.54, 1.807) is 25.1 Å². The minimum absolute atomic E-state index is 0.0103. The van der Waals surface area contributed by atoms with Gasteiger partial charge in [0.15, 0.2) is 0 Å². The van der Waals surface area contributed by atoms with Crippen molar-refractivity contribution in [2.45, 2.75) is 13.0 Å². The first-order chi connectivity index (χ1) is 11.0. The van der Waals surface area contributed by atoms with E-state index < -0.39 is 11.9 Å². The Balaban J connectivity index is 1.83. The fourth-order valence-electron chi connectivity index (χ4n) is 2.39. The summed E-state index contributed by atoms with van der Waals surface area (Å²) in [6, 6.07) is 9.02. The molecule has 2 N–H and O–H groups in total. The van der Waals surface area contributed by atoms with Gasteiger partial charge in [0, 0.05) is 17.1 Å². The predicted molar refractivity (Wildman–Crippen MR) is 82.4 cm³/mol. The third kappa shape index (κ3) is 3.22. The van der Waals surface area contributed by atoms with E-state index in [4.69, 9.17) is 4.42 Å². The number of nitrogens with zero attached hydrogens (tertiary/aromatic N) is 1. The van der Waals surface area contributed by atoms with Gasteiger partial charge in [0.1, 0.15) is 17.7 Å². The summed E-state index contributed by atoms with van der Waals surface area (Å²) in [6.45, 7) is 1.75. The molecule has 3 aromatic rings. The lowest BCUT2D eigenvalue weighted by atomic mass is 10.1. The second-order valence-corrected chi connectivity index (χ2v) is 5.21. The second kappa shape index (κ2) is 6.18. The van der Waals surface area contributed by atoms with Crippen LogP contribution >= 0.6 is 0 Å². The number of pyridine rings is 1. The van der Waals surface area contributed by atoms with Crippen LogP contribution in [0.4, 0.5) is 4.39 Å². The Morgan fingerprint density at radius 2 is 2.22 bits per heavy atom. The second-order valence-electron chi connectivity index (χ2n) is 5.21. The maximum absolute atomic E-state index is 13.3. The van der Waals surface area contributed by atoms with Crippen LogP contribution in [0, 0.1) is 12.7 Å². The molecule has 1 unspecified atom stereocenters. The third-order valence-corrected chi connectivity index (χ3v) is 3.47. The number of aliphatic hydroxyl groups excluding tert-OH is 1. The standard InChI is InChI=1S/C17H15FN2O3/c1-10-7-13(12-5-4-11(18)8-14(12)20-10)17(22)19-9-15(21)16-3-2-6-23-16/h2-8,15,21H,9H2,1H3,(H,19,22). The Labute approximate surface area is 131 Å². The van der Waals surface area contributed by atoms with Crippen LogP contribution in [0.15, 0.2) is 47.1 Å². The molecular formula is C17H15FN2O3. The van der Waals surface area contributed by atoms with Gasteiger partial charge in [0.2, 0.25) is 0 Å². The van der Waals surface area contributed by atoms with Gasteiger partial charge in [0.25, 0.3) is 5.91 Å². The van der Waals surface area contributed by atoms with Gasteiger partial charge in [-0.15, -0.1) is 0 Å². The Morgan fingerprint density at radius 1 is 1.39 bits per heavy atom. The maximum atomic E-state index is 13.3. The molecule has 2 heterocycles. The molecule has 1 amide bonds. The topological polar surface area (TPSA) is 75.4 Å². The van der Waals surface area contributed by atoms with Crippen LogP contribution in [0.2, 0.25) is 0 Å². The number of carbonyl (C=O) groups excluding carboxylic acids is 1. The van der Waals surface area contributed by atoms with Crippen molar-refractivity contribution in [2.75, 3.05) is 6.54 Å². The van der Waals surface area contributed by atoms with Crippen molar-refractivity contribution in [3.8, 4) is 0 Å². The first-order valence-electron chi connectivity index (χ1n) is 7.11. The molecule has 6 heteroatoms. The molecule has 1 aromatic carbocycles. The van der Waals surface area contributed by atoms with E-state index in [-0.39, 0.29) is 12.5 Å². The molecule has 5 nitrogen and oxygen atoms in total. The van der Waals surface area contributed by atoms with Crippen LogP contribution < -0.4 is 5.32 Å². The van der Waals surface area contributed by atoms with Gasteiger partial charge < -0.3 is 14.8 Å². The van der Waals surface area contributed by atoms with Crippen LogP contribution in [0.3, 0.4) is 0 Å². The number of hydrogen-bond acceptors (Lipinski definition) is 4. The summed E-state index contributed by atoms with van der Waals surface area (Å²) in [5.41, 5.74) is 1.42. The van der Waals surface area contributed by atoms with Crippen molar-refractivity contribution in [3.05, 3.63) is 65.5 Å². The monoisotopic (exact) mass is 314 g/mol. The number of nitrogens with one attached hydrogen (secondary N) is 1. The Morgan fingerprint density at radius 3 is 2.96 bits per heavy atom. The zero-order chi connectivity index (χ0) is 16.4. The highest BCUT2D eigenvalue weighted by Crippen LogP contribution is 2.20. The highest BCUT2D eigenvalue weighted by molar-refractivity contribution is 6.06. The third-order valence-electron chi connectivity index (χ3n) is 3.47. The maximum Gasteiger partial charge on any atom is 0.252 e. The van der Waals surface area contributed by atoms with Crippen molar-refractivity contribution in [3.63, 3.8) is 0 Å². The molecule has 0 spiro atoms. The molecule has 0 saturated heterocycles. The number of rotatable bonds is 4. The Hall–Kier alpha value is -2.73. The molecular weight excluding hydrogens is 299 g/mol. The molecule has 0 radical (unpaired) electrons. The molecule has 0 saturated carbocycles. The number of aryl methyl sites for hydroxylation is 1. The number of carbonyl (C=O) groups is 1. The van der Waals surface area contributed by atoms with E-state index in [1.165, 1.54) is 24.5 Å². The SMILES string of the molecule is Cc1cc(C(=O)NCC(O)c2ccco2)c2ccc(F)cc2n1. The molecule has 0 aliphatic carbocycles. The summed E-state index contributed by atoms with van der Waals surface area (Å²) in [4.78, 5) is 16.6. The minimum Gasteiger partial charge on any atom is -0.467 e. The molecule has 1 atom stereocenters. The lowest BCUT2D eigenvalue weighted by molar-refractivity contribution is 0.0902. The van der Waals surface area contributed by atoms with Gasteiger partial charge in [-0.1, -0.05) is 0 Å². The van der Waals surface area contributed by atoms with Crippen molar-refractivity contribution >= 4 is 16.8 Å². The number of furan rings is 1. The lowest BCUT2D eigenvalue weighted by Crippen LogP contribution is -2.28. The molecule has 23 heavy (non-hydrogen) atoms. The number of benzene rings is 1. The van der Waals surface area contributed by atoms with Gasteiger partial charge in [-0.3, -0.25) is 9.78 Å². The molecule has 0 fully saturated rings. The predicted octanol–water partition coefficient (Wildman–Crippen LogP) is 2.74. The summed E-state index contributed by atoms with van der Waals surface area (Å²) < 4.78 is 18.4. The van der Waals surface area contributed by atoms with Crippen LogP contribution in [0.1, 0.15) is 27.9 Å². The normalized spacial score (nSPS) is 12.3. The molecule has 0 bridgehead atoms. The Kier molecular flexibility index (Phi) is 4.08. The van der Waals surface area contributed by atoms with Crippen LogP contribution in [-0.2, 0) is 0 Å². The zero-order valence-corrected chi connectivity index (χ0v) is 12.4. The number of fused-ring (bicyclic) bond motifs is 1. The molecule has 2 aromatic heterocycles. The minimum atomic E-state index is -0.930. The summed E-state index contributed by atoms with van der Waals surface area (Å²) in [5, 5.41) is 13.1. The lowest BCUT2D eigenvalue weighted by Gasteiger charge is -2.11. The van der Waals surface area contributed by atoms with Crippen molar-refractivity contribution in [2.24, 2.45) is 0 Å². The van der Waals surface area contributed by atoms with E-state index in [0.29, 0.717) is 27.9 Å². The smallest absolute Gasteiger partial charge is 0.252 e. The van der Waals surface area contributed by atoms with Gasteiger partial charge >= 0.3 is 0 Å². The van der Waals surface area contributed by atoms with Crippen LogP contribution in [0.25, 0.3) is 10.9 Å². The van der Waals surface area contributed by atoms with Gasteiger partial charge in [-0.25, -0.2) is 4.39 Å². The quantitative estimate of drug-likeness (QED) is 0.776. The van der Waals surface area contributed by atoms with Crippen LogP contribution in [0.5, 0.6) is 0 Å². The van der Waals surface area contributed by atoms with E-state index in [1.807, 2.05) is 0 Å². The summed E-state index contributed by atoms with van der Waals surface area (Å²) in [7, 11) is 0. The number of halogens is 1. The van der Waals surface area contributed by atoms with Gasteiger partial charge in [-0.2, -0.15) is 0 Å². The van der Waals surface area contributed by atoms with Gasteiger partial charge in [0.05, 0.1) is 23.9 Å². The Bertz CT molecular complexity index is 841. The van der Waals surface area contributed by atoms with Crippen molar-refractivity contribution < 1.29 is 18.7 Å². The summed E-state index contributed by atoms with van der Waals surface area (Å²) in [5.74, 6) is -0.393. The van der Waals surface area contributed by atoms with Crippen LogP contribution in [-0.4, -0.2) is 22.5 Å². The molecule has 0 aliphatic rings. The summed E-state index contributed by atoms with van der Waals surface area (Å²) in [6.07, 6.45) is 0.523. The van der Waals surface area contributed by atoms with E-state index >= 15 is 0 Å². The highest BCUT2D eigenvalue weighted by Gasteiger charge is 2.16. The van der Waals surface area contributed by atoms with Crippen molar-refractivity contribution in [1.29, 1.82) is 0 Å². The number of aliphatic hydroxyl groups is 1. The fraction of sp³-hybridized carbons (Fsp3) is 0.176. The van der Waals surface area contributed by atoms with Crippen molar-refractivity contribution in [1.82, 2.24) is 10.3 Å². The van der Waals surface area contributed by atoms with E-state index in [9.17, 15) is 14.3 Å². The highest BCUT2D eigenvalue weighted by atomic mass is 19.1. The molecule has 3 rings (SSSR count). The number of aromatic nitrogens is 1. The average molecular weight is 314 g/mol. The molecule has 0 aliphatic heterocycles. The molecule has 118 valence electrons. The summed E-state index contributed by atoms with van der Waals surface area (Å²) >= 11 is 0. The fourth-order valence-corrected chi connectivity index (χ4v) is 2.39.